The Kier molecular flexibility index (Phi) is 9.32. The fraction of sp³-hybridized carbons (Fsp3) is 0.483. The Labute approximate surface area is 209 Å². The molecule has 2 aliphatic heterocycles. The van der Waals surface area contributed by atoms with Gasteiger partial charge in [-0.15, -0.1) is 0 Å². The van der Waals surface area contributed by atoms with Gasteiger partial charge in [-0.25, -0.2) is 4.39 Å². The minimum atomic E-state index is -0.282. The number of aryl methyl sites for hydroxylation is 1. The summed E-state index contributed by atoms with van der Waals surface area (Å²) in [5.41, 5.74) is 2.19. The summed E-state index contributed by atoms with van der Waals surface area (Å²) in [6, 6.07) is 13.0. The van der Waals surface area contributed by atoms with Gasteiger partial charge in [0.25, 0.3) is 5.91 Å². The minimum absolute atomic E-state index is 0.120. The lowest BCUT2D eigenvalue weighted by atomic mass is 10.0. The molecule has 4 rings (SSSR count). The summed E-state index contributed by atoms with van der Waals surface area (Å²) in [4.78, 5) is 17.4. The average Bonchev–Trinajstić information content (AvgIpc) is 3.39. The highest BCUT2D eigenvalue weighted by Gasteiger charge is 2.20. The maximum atomic E-state index is 13.4. The minimum Gasteiger partial charge on any atom is -0.494 e. The van der Waals surface area contributed by atoms with E-state index >= 15 is 0 Å². The molecule has 0 saturated carbocycles. The van der Waals surface area contributed by atoms with E-state index in [1.165, 1.54) is 37.6 Å². The number of rotatable bonds is 10. The van der Waals surface area contributed by atoms with Crippen LogP contribution in [0.2, 0.25) is 0 Å². The molecule has 0 bridgehead atoms. The highest BCUT2D eigenvalue weighted by Crippen LogP contribution is 2.16. The fourth-order valence-corrected chi connectivity index (χ4v) is 4.81. The van der Waals surface area contributed by atoms with Crippen molar-refractivity contribution in [2.45, 2.75) is 45.1 Å². The number of hydrogen-bond donors (Lipinski definition) is 1. The smallest absolute Gasteiger partial charge is 0.251 e. The van der Waals surface area contributed by atoms with Gasteiger partial charge in [0.2, 0.25) is 0 Å². The molecule has 2 saturated heterocycles. The molecule has 5 nitrogen and oxygen atoms in total. The number of benzene rings is 2. The van der Waals surface area contributed by atoms with Gasteiger partial charge in [-0.2, -0.15) is 0 Å². The molecule has 1 N–H and O–H groups in total. The van der Waals surface area contributed by atoms with Gasteiger partial charge in [0, 0.05) is 37.8 Å². The maximum Gasteiger partial charge on any atom is 0.251 e. The number of halogens is 1. The number of likely N-dealkylation sites (tertiary alicyclic amines) is 2. The van der Waals surface area contributed by atoms with Crippen molar-refractivity contribution in [2.75, 3.05) is 45.9 Å². The van der Waals surface area contributed by atoms with E-state index in [4.69, 9.17) is 4.74 Å². The van der Waals surface area contributed by atoms with Crippen LogP contribution < -0.4 is 10.1 Å². The van der Waals surface area contributed by atoms with Gasteiger partial charge in [-0.3, -0.25) is 9.69 Å². The number of carbonyl (C=O) groups is 1. The van der Waals surface area contributed by atoms with Gasteiger partial charge < -0.3 is 15.0 Å². The standard InChI is InChI=1S/C29H38FN3O2/c1-23-22-25(9-12-28(23)30)29(34)31-26-13-19-33(20-14-26)17-4-6-24-7-10-27(11-8-24)35-21-5-18-32-15-2-3-16-32/h4,6-12,22,26H,2-3,5,13-21H2,1H3,(H,31,34)/b6-4+. The van der Waals surface area contributed by atoms with E-state index in [1.807, 2.05) is 12.1 Å². The van der Waals surface area contributed by atoms with Gasteiger partial charge in [0.05, 0.1) is 6.61 Å². The molecule has 2 heterocycles. The van der Waals surface area contributed by atoms with E-state index in [-0.39, 0.29) is 17.8 Å². The molecule has 2 fully saturated rings. The van der Waals surface area contributed by atoms with Gasteiger partial charge in [0.15, 0.2) is 0 Å². The summed E-state index contributed by atoms with van der Waals surface area (Å²) in [7, 11) is 0. The summed E-state index contributed by atoms with van der Waals surface area (Å²) in [6.07, 6.45) is 9.95. The second kappa shape index (κ2) is 12.8. The normalized spacial score (nSPS) is 17.8. The SMILES string of the molecule is Cc1cc(C(=O)NC2CCN(C/C=C/c3ccc(OCCCN4CCCC4)cc3)CC2)ccc1F. The van der Waals surface area contributed by atoms with Crippen molar-refractivity contribution in [1.29, 1.82) is 0 Å². The highest BCUT2D eigenvalue weighted by molar-refractivity contribution is 5.94. The van der Waals surface area contributed by atoms with Crippen LogP contribution in [-0.4, -0.2) is 67.6 Å². The molecule has 0 aliphatic carbocycles. The zero-order valence-electron chi connectivity index (χ0n) is 20.8. The first kappa shape index (κ1) is 25.4. The quantitative estimate of drug-likeness (QED) is 0.492. The third-order valence-electron chi connectivity index (χ3n) is 6.98. The lowest BCUT2D eigenvalue weighted by Crippen LogP contribution is -2.44. The molecule has 6 heteroatoms. The number of nitrogens with zero attached hydrogens (tertiary/aromatic N) is 2. The largest absolute Gasteiger partial charge is 0.494 e. The first-order chi connectivity index (χ1) is 17.1. The summed E-state index contributed by atoms with van der Waals surface area (Å²) >= 11 is 0. The van der Waals surface area contributed by atoms with Crippen LogP contribution in [0.25, 0.3) is 6.08 Å². The van der Waals surface area contributed by atoms with E-state index in [2.05, 4.69) is 39.4 Å². The van der Waals surface area contributed by atoms with E-state index < -0.39 is 0 Å². The number of piperidine rings is 1. The van der Waals surface area contributed by atoms with Crippen molar-refractivity contribution < 1.29 is 13.9 Å². The van der Waals surface area contributed by atoms with Crippen LogP contribution in [0.1, 0.15) is 53.6 Å². The van der Waals surface area contributed by atoms with E-state index in [0.29, 0.717) is 11.1 Å². The number of ether oxygens (including phenoxy) is 1. The van der Waals surface area contributed by atoms with Gasteiger partial charge in [-0.1, -0.05) is 24.3 Å². The second-order valence-electron chi connectivity index (χ2n) is 9.73. The Hall–Kier alpha value is -2.70. The lowest BCUT2D eigenvalue weighted by Gasteiger charge is -2.31. The zero-order valence-corrected chi connectivity index (χ0v) is 20.8. The topological polar surface area (TPSA) is 44.8 Å². The summed E-state index contributed by atoms with van der Waals surface area (Å²) < 4.78 is 19.3. The first-order valence-electron chi connectivity index (χ1n) is 13.0. The van der Waals surface area contributed by atoms with Crippen molar-refractivity contribution in [2.24, 2.45) is 0 Å². The Morgan fingerprint density at radius 3 is 2.51 bits per heavy atom. The van der Waals surface area contributed by atoms with E-state index in [1.54, 1.807) is 19.1 Å². The Balaban J connectivity index is 1.12. The molecule has 35 heavy (non-hydrogen) atoms. The fourth-order valence-electron chi connectivity index (χ4n) is 4.81. The van der Waals surface area contributed by atoms with Gasteiger partial charge in [0.1, 0.15) is 11.6 Å². The van der Waals surface area contributed by atoms with Crippen LogP contribution in [0.5, 0.6) is 5.75 Å². The van der Waals surface area contributed by atoms with Crippen LogP contribution in [0.15, 0.2) is 48.5 Å². The summed E-state index contributed by atoms with van der Waals surface area (Å²) in [6.45, 7) is 8.86. The van der Waals surface area contributed by atoms with Crippen molar-refractivity contribution in [3.63, 3.8) is 0 Å². The van der Waals surface area contributed by atoms with E-state index in [9.17, 15) is 9.18 Å². The predicted molar refractivity (Wildman–Crippen MR) is 139 cm³/mol. The molecule has 2 aromatic carbocycles. The molecule has 2 aliphatic rings. The first-order valence-corrected chi connectivity index (χ1v) is 13.0. The number of amides is 1. The molecular formula is C29H38FN3O2. The van der Waals surface area contributed by atoms with Crippen molar-refractivity contribution in [3.05, 3.63) is 71.0 Å². The zero-order chi connectivity index (χ0) is 24.5. The molecule has 2 aromatic rings. The van der Waals surface area contributed by atoms with Crippen molar-refractivity contribution >= 4 is 12.0 Å². The highest BCUT2D eigenvalue weighted by atomic mass is 19.1. The number of nitrogens with one attached hydrogen (secondary N) is 1. The molecule has 0 radical (unpaired) electrons. The number of hydrogen-bond acceptors (Lipinski definition) is 4. The molecule has 0 unspecified atom stereocenters. The molecule has 0 aromatic heterocycles. The predicted octanol–water partition coefficient (Wildman–Crippen LogP) is 4.91. The molecule has 188 valence electrons. The Morgan fingerprint density at radius 1 is 1.06 bits per heavy atom. The van der Waals surface area contributed by atoms with E-state index in [0.717, 1.165) is 57.8 Å². The van der Waals surface area contributed by atoms with Crippen LogP contribution >= 0.6 is 0 Å². The van der Waals surface area contributed by atoms with Crippen molar-refractivity contribution in [1.82, 2.24) is 15.1 Å². The second-order valence-corrected chi connectivity index (χ2v) is 9.73. The van der Waals surface area contributed by atoms with Crippen LogP contribution in [-0.2, 0) is 0 Å². The molecule has 0 spiro atoms. The molecular weight excluding hydrogens is 441 g/mol. The van der Waals surface area contributed by atoms with Gasteiger partial charge in [-0.05, 0) is 93.6 Å². The maximum absolute atomic E-state index is 13.4. The summed E-state index contributed by atoms with van der Waals surface area (Å²) in [5, 5.41) is 3.10. The third-order valence-corrected chi connectivity index (χ3v) is 6.98. The Bertz CT molecular complexity index is 978. The monoisotopic (exact) mass is 479 g/mol. The molecule has 0 atom stereocenters. The van der Waals surface area contributed by atoms with Gasteiger partial charge >= 0.3 is 0 Å². The van der Waals surface area contributed by atoms with Crippen LogP contribution in [0.3, 0.4) is 0 Å². The molecule has 1 amide bonds. The lowest BCUT2D eigenvalue weighted by molar-refractivity contribution is 0.0914. The Morgan fingerprint density at radius 2 is 1.80 bits per heavy atom. The van der Waals surface area contributed by atoms with Crippen molar-refractivity contribution in [3.8, 4) is 5.75 Å². The van der Waals surface area contributed by atoms with Crippen LogP contribution in [0.4, 0.5) is 4.39 Å². The summed E-state index contributed by atoms with van der Waals surface area (Å²) in [5.74, 6) is 0.532. The third kappa shape index (κ3) is 7.91. The number of carbonyl (C=O) groups excluding carboxylic acids is 1. The average molecular weight is 480 g/mol. The van der Waals surface area contributed by atoms with Crippen LogP contribution in [0, 0.1) is 12.7 Å².